The van der Waals surface area contributed by atoms with Gasteiger partial charge in [-0.05, 0) is 42.6 Å². The third-order valence-corrected chi connectivity index (χ3v) is 10.4. The summed E-state index contributed by atoms with van der Waals surface area (Å²) in [6.07, 6.45) is -3.16. The zero-order valence-electron chi connectivity index (χ0n) is 17.4. The van der Waals surface area contributed by atoms with Crippen molar-refractivity contribution in [1.82, 2.24) is 5.32 Å². The molecule has 1 aromatic carbocycles. The molecule has 0 aromatic heterocycles. The second-order valence-corrected chi connectivity index (χ2v) is 14.1. The van der Waals surface area contributed by atoms with Crippen LogP contribution in [0.25, 0.3) is 0 Å². The summed E-state index contributed by atoms with van der Waals surface area (Å²) in [7, 11) is -2.02. The summed E-state index contributed by atoms with van der Waals surface area (Å²) in [5.41, 5.74) is -1.96. The fourth-order valence-corrected chi connectivity index (χ4v) is 3.77. The van der Waals surface area contributed by atoms with E-state index in [1.165, 1.54) is 6.07 Å². The SMILES string of the molecule is CC(C)(C)[Si](C)(C)OCc1ccc2c(c1)NC(=O)NC2(C#CC1CC1)C(F)(F)F. The Hall–Kier alpha value is -1.98. The van der Waals surface area contributed by atoms with Gasteiger partial charge in [0.2, 0.25) is 5.54 Å². The van der Waals surface area contributed by atoms with E-state index in [0.29, 0.717) is 5.56 Å². The van der Waals surface area contributed by atoms with Gasteiger partial charge in [0.05, 0.1) is 6.61 Å². The number of alkyl halides is 3. The van der Waals surface area contributed by atoms with E-state index in [9.17, 15) is 18.0 Å². The molecule has 2 N–H and O–H groups in total. The fraction of sp³-hybridized carbons (Fsp3) is 0.571. The molecule has 1 aliphatic heterocycles. The molecule has 1 fully saturated rings. The minimum Gasteiger partial charge on any atom is -0.413 e. The van der Waals surface area contributed by atoms with E-state index in [4.69, 9.17) is 4.43 Å². The third kappa shape index (κ3) is 4.31. The molecule has 1 atom stereocenters. The molecular formula is C21H27F3N2O2Si. The molecule has 4 nitrogen and oxygen atoms in total. The first kappa shape index (κ1) is 21.7. The van der Waals surface area contributed by atoms with E-state index in [1.807, 2.05) is 5.32 Å². The van der Waals surface area contributed by atoms with Crippen molar-refractivity contribution in [3.8, 4) is 11.8 Å². The Morgan fingerprint density at radius 1 is 1.24 bits per heavy atom. The quantitative estimate of drug-likeness (QED) is 0.496. The van der Waals surface area contributed by atoms with Crippen LogP contribution in [0.15, 0.2) is 18.2 Å². The van der Waals surface area contributed by atoms with Gasteiger partial charge < -0.3 is 15.1 Å². The van der Waals surface area contributed by atoms with Gasteiger partial charge in [0.25, 0.3) is 0 Å². The number of amides is 2. The molecule has 1 aromatic rings. The number of halogens is 3. The first-order valence-corrected chi connectivity index (χ1v) is 12.6. The monoisotopic (exact) mass is 424 g/mol. The number of nitrogens with one attached hydrogen (secondary N) is 2. The number of hydrogen-bond acceptors (Lipinski definition) is 2. The highest BCUT2D eigenvalue weighted by atomic mass is 28.4. The maximum Gasteiger partial charge on any atom is 0.427 e. The van der Waals surface area contributed by atoms with E-state index < -0.39 is 26.1 Å². The van der Waals surface area contributed by atoms with Gasteiger partial charge in [-0.3, -0.25) is 0 Å². The lowest BCUT2D eigenvalue weighted by Crippen LogP contribution is -2.59. The standard InChI is InChI=1S/C21H27F3N2O2Si/c1-19(2,3)29(4,5)28-13-15-8-9-16-17(12-15)25-18(27)26-20(16,21(22,23)24)11-10-14-6-7-14/h8-9,12,14H,6-7,13H2,1-5H3,(H2,25,26,27). The Morgan fingerprint density at radius 2 is 1.90 bits per heavy atom. The number of anilines is 1. The van der Waals surface area contributed by atoms with Crippen LogP contribution in [0.2, 0.25) is 18.1 Å². The molecule has 0 spiro atoms. The average Bonchev–Trinajstić information content (AvgIpc) is 3.39. The summed E-state index contributed by atoms with van der Waals surface area (Å²) in [6.45, 7) is 10.9. The van der Waals surface area contributed by atoms with E-state index in [-0.39, 0.29) is 28.8 Å². The van der Waals surface area contributed by atoms with Gasteiger partial charge in [-0.2, -0.15) is 13.2 Å². The second kappa shape index (κ2) is 7.06. The van der Waals surface area contributed by atoms with Crippen molar-refractivity contribution in [2.75, 3.05) is 5.32 Å². The van der Waals surface area contributed by atoms with Crippen LogP contribution in [0.3, 0.4) is 0 Å². The summed E-state index contributed by atoms with van der Waals surface area (Å²) in [6, 6.07) is 3.65. The minimum absolute atomic E-state index is 0.0170. The molecule has 3 rings (SSSR count). The van der Waals surface area contributed by atoms with E-state index in [0.717, 1.165) is 12.8 Å². The lowest BCUT2D eigenvalue weighted by Gasteiger charge is -2.38. The van der Waals surface area contributed by atoms with Crippen LogP contribution in [0.1, 0.15) is 44.7 Å². The molecule has 1 saturated carbocycles. The van der Waals surface area contributed by atoms with Crippen LogP contribution < -0.4 is 10.6 Å². The summed E-state index contributed by atoms with van der Waals surface area (Å²) in [4.78, 5) is 12.1. The lowest BCUT2D eigenvalue weighted by atomic mass is 9.85. The van der Waals surface area contributed by atoms with Crippen molar-refractivity contribution in [3.05, 3.63) is 29.3 Å². The molecule has 0 radical (unpaired) electrons. The van der Waals surface area contributed by atoms with Crippen molar-refractivity contribution >= 4 is 20.0 Å². The first-order valence-electron chi connectivity index (χ1n) is 9.71. The predicted molar refractivity (Wildman–Crippen MR) is 109 cm³/mol. The number of rotatable bonds is 3. The molecule has 2 amide bonds. The van der Waals surface area contributed by atoms with Gasteiger partial charge in [0.15, 0.2) is 8.32 Å². The van der Waals surface area contributed by atoms with Gasteiger partial charge in [-0.15, -0.1) is 0 Å². The van der Waals surface area contributed by atoms with Crippen molar-refractivity contribution in [1.29, 1.82) is 0 Å². The van der Waals surface area contributed by atoms with Crippen LogP contribution in [-0.2, 0) is 16.6 Å². The Labute approximate surface area is 170 Å². The molecule has 2 aliphatic rings. The lowest BCUT2D eigenvalue weighted by molar-refractivity contribution is -0.178. The number of benzene rings is 1. The largest absolute Gasteiger partial charge is 0.427 e. The van der Waals surface area contributed by atoms with Crippen molar-refractivity contribution in [2.45, 2.75) is 70.1 Å². The molecule has 29 heavy (non-hydrogen) atoms. The highest BCUT2D eigenvalue weighted by Crippen LogP contribution is 2.45. The Morgan fingerprint density at radius 3 is 2.45 bits per heavy atom. The molecule has 1 heterocycles. The van der Waals surface area contributed by atoms with Crippen LogP contribution in [0.5, 0.6) is 0 Å². The van der Waals surface area contributed by atoms with E-state index in [2.05, 4.69) is 51.0 Å². The number of hydrogen-bond donors (Lipinski definition) is 2. The van der Waals surface area contributed by atoms with Gasteiger partial charge in [-0.1, -0.05) is 44.7 Å². The van der Waals surface area contributed by atoms with Crippen molar-refractivity contribution < 1.29 is 22.4 Å². The van der Waals surface area contributed by atoms with Crippen molar-refractivity contribution in [3.63, 3.8) is 0 Å². The summed E-state index contributed by atoms with van der Waals surface area (Å²) < 4.78 is 48.4. The molecule has 158 valence electrons. The van der Waals surface area contributed by atoms with Crippen LogP contribution in [-0.4, -0.2) is 20.5 Å². The molecule has 8 heteroatoms. The predicted octanol–water partition coefficient (Wildman–Crippen LogP) is 5.51. The third-order valence-electron chi connectivity index (χ3n) is 5.91. The highest BCUT2D eigenvalue weighted by Gasteiger charge is 2.59. The number of carbonyl (C=O) groups is 1. The highest BCUT2D eigenvalue weighted by molar-refractivity contribution is 6.74. The van der Waals surface area contributed by atoms with Gasteiger partial charge >= 0.3 is 12.2 Å². The Kier molecular flexibility index (Phi) is 5.29. The normalized spacial score (nSPS) is 22.1. The Bertz CT molecular complexity index is 877. The van der Waals surface area contributed by atoms with Crippen molar-refractivity contribution in [2.24, 2.45) is 5.92 Å². The fourth-order valence-electron chi connectivity index (χ4n) is 2.81. The first-order chi connectivity index (χ1) is 13.3. The maximum absolute atomic E-state index is 14.1. The van der Waals surface area contributed by atoms with Crippen LogP contribution in [0.4, 0.5) is 23.7 Å². The van der Waals surface area contributed by atoms with Crippen LogP contribution in [0, 0.1) is 17.8 Å². The maximum atomic E-state index is 14.1. The zero-order valence-corrected chi connectivity index (χ0v) is 18.4. The number of carbonyl (C=O) groups excluding carboxylic acids is 1. The van der Waals surface area contributed by atoms with Gasteiger partial charge in [0, 0.05) is 17.2 Å². The summed E-state index contributed by atoms with van der Waals surface area (Å²) in [5, 5.41) is 4.54. The topological polar surface area (TPSA) is 50.4 Å². The molecule has 0 bridgehead atoms. The average molecular weight is 425 g/mol. The second-order valence-electron chi connectivity index (χ2n) is 9.30. The number of urea groups is 1. The van der Waals surface area contributed by atoms with E-state index >= 15 is 0 Å². The van der Waals surface area contributed by atoms with E-state index in [1.54, 1.807) is 12.1 Å². The number of fused-ring (bicyclic) bond motifs is 1. The molecule has 1 unspecified atom stereocenters. The minimum atomic E-state index is -4.75. The Balaban J connectivity index is 1.96. The van der Waals surface area contributed by atoms with Crippen LogP contribution >= 0.6 is 0 Å². The smallest absolute Gasteiger partial charge is 0.413 e. The zero-order chi connectivity index (χ0) is 21.7. The summed E-state index contributed by atoms with van der Waals surface area (Å²) >= 11 is 0. The molecule has 0 saturated heterocycles. The van der Waals surface area contributed by atoms with Gasteiger partial charge in [-0.25, -0.2) is 4.79 Å². The molecule has 1 aliphatic carbocycles. The summed E-state index contributed by atoms with van der Waals surface area (Å²) in [5.74, 6) is 5.00. The molecular weight excluding hydrogens is 397 g/mol. The van der Waals surface area contributed by atoms with Gasteiger partial charge in [0.1, 0.15) is 0 Å².